The van der Waals surface area contributed by atoms with E-state index in [1.54, 1.807) is 7.11 Å². The van der Waals surface area contributed by atoms with Gasteiger partial charge in [0, 0.05) is 20.2 Å². The molecule has 0 bridgehead atoms. The summed E-state index contributed by atoms with van der Waals surface area (Å²) in [6.45, 7) is 3.20. The number of nitrogens with one attached hydrogen (secondary N) is 1. The molecule has 0 saturated heterocycles. The summed E-state index contributed by atoms with van der Waals surface area (Å²) in [4.78, 5) is 0. The lowest BCUT2D eigenvalue weighted by Crippen LogP contribution is -2.33. The molecule has 2 atom stereocenters. The maximum Gasteiger partial charge on any atom is 0.183 e. The summed E-state index contributed by atoms with van der Waals surface area (Å²) in [7, 11) is 1.68. The van der Waals surface area contributed by atoms with Crippen LogP contribution in [0.2, 0.25) is 0 Å². The van der Waals surface area contributed by atoms with Gasteiger partial charge in [0.2, 0.25) is 0 Å². The topological polar surface area (TPSA) is 60.4 Å². The minimum absolute atomic E-state index is 0.000185. The Hall–Kier alpha value is 0.120. The van der Waals surface area contributed by atoms with Crippen LogP contribution in [0, 0.1) is 0 Å². The van der Waals surface area contributed by atoms with E-state index in [1.165, 1.54) is 0 Å². The monoisotopic (exact) mass is 354 g/mol. The lowest BCUT2D eigenvalue weighted by Gasteiger charge is -2.17. The molecular formula is C10H16Br2N2O2. The third kappa shape index (κ3) is 3.85. The van der Waals surface area contributed by atoms with Crippen molar-refractivity contribution in [1.82, 2.24) is 5.32 Å². The van der Waals surface area contributed by atoms with Crippen LogP contribution in [-0.2, 0) is 4.74 Å². The van der Waals surface area contributed by atoms with Gasteiger partial charge in [-0.3, -0.25) is 0 Å². The first-order chi connectivity index (χ1) is 7.58. The van der Waals surface area contributed by atoms with Crippen molar-refractivity contribution in [2.24, 2.45) is 5.73 Å². The molecule has 0 saturated carbocycles. The fourth-order valence-electron chi connectivity index (χ4n) is 1.23. The van der Waals surface area contributed by atoms with E-state index in [0.29, 0.717) is 11.2 Å². The number of hydrogen-bond donors (Lipinski definition) is 2. The van der Waals surface area contributed by atoms with Crippen molar-refractivity contribution in [3.8, 4) is 0 Å². The molecule has 0 aliphatic heterocycles. The highest BCUT2D eigenvalue weighted by Crippen LogP contribution is 2.29. The Morgan fingerprint density at radius 3 is 2.69 bits per heavy atom. The Labute approximate surface area is 112 Å². The van der Waals surface area contributed by atoms with Gasteiger partial charge in [-0.2, -0.15) is 0 Å². The van der Waals surface area contributed by atoms with Gasteiger partial charge in [0.1, 0.15) is 5.76 Å². The Morgan fingerprint density at radius 1 is 1.56 bits per heavy atom. The number of methoxy groups -OCH3 is 1. The van der Waals surface area contributed by atoms with E-state index < -0.39 is 0 Å². The summed E-state index contributed by atoms with van der Waals surface area (Å²) in [6.07, 6.45) is 0.149. The molecule has 0 spiro atoms. The van der Waals surface area contributed by atoms with Crippen LogP contribution in [0.5, 0.6) is 0 Å². The van der Waals surface area contributed by atoms with E-state index in [2.05, 4.69) is 37.2 Å². The van der Waals surface area contributed by atoms with Crippen molar-refractivity contribution in [3.05, 3.63) is 21.0 Å². The quantitative estimate of drug-likeness (QED) is 0.822. The number of rotatable bonds is 6. The molecule has 0 radical (unpaired) electrons. The highest BCUT2D eigenvalue weighted by molar-refractivity contribution is 9.13. The van der Waals surface area contributed by atoms with E-state index in [0.717, 1.165) is 16.8 Å². The Balaban J connectivity index is 2.60. The molecule has 1 heterocycles. The molecule has 2 unspecified atom stereocenters. The lowest BCUT2D eigenvalue weighted by atomic mass is 10.2. The van der Waals surface area contributed by atoms with Gasteiger partial charge in [-0.05, 0) is 44.8 Å². The van der Waals surface area contributed by atoms with E-state index in [4.69, 9.17) is 14.9 Å². The van der Waals surface area contributed by atoms with Crippen LogP contribution in [0.15, 0.2) is 19.6 Å². The molecule has 0 aromatic carbocycles. The van der Waals surface area contributed by atoms with Crippen LogP contribution in [0.1, 0.15) is 18.7 Å². The summed E-state index contributed by atoms with van der Waals surface area (Å²) in [5.41, 5.74) is 5.70. The largest absolute Gasteiger partial charge is 0.451 e. The summed E-state index contributed by atoms with van der Waals surface area (Å²) in [5, 5.41) is 3.29. The maximum atomic E-state index is 5.70. The summed E-state index contributed by atoms with van der Waals surface area (Å²) < 4.78 is 12.3. The molecular weight excluding hydrogens is 340 g/mol. The van der Waals surface area contributed by atoms with Gasteiger partial charge >= 0.3 is 0 Å². The Morgan fingerprint density at radius 2 is 2.25 bits per heavy atom. The van der Waals surface area contributed by atoms with Gasteiger partial charge in [-0.15, -0.1) is 0 Å². The Bertz CT molecular complexity index is 311. The van der Waals surface area contributed by atoms with Gasteiger partial charge < -0.3 is 20.2 Å². The first-order valence-corrected chi connectivity index (χ1v) is 6.58. The molecule has 0 amide bonds. The normalized spacial score (nSPS) is 15.1. The zero-order chi connectivity index (χ0) is 12.1. The number of hydrogen-bond acceptors (Lipinski definition) is 4. The van der Waals surface area contributed by atoms with E-state index in [1.807, 2.05) is 13.0 Å². The van der Waals surface area contributed by atoms with E-state index >= 15 is 0 Å². The highest BCUT2D eigenvalue weighted by atomic mass is 79.9. The summed E-state index contributed by atoms with van der Waals surface area (Å²) >= 11 is 6.67. The minimum atomic E-state index is 0.000185. The van der Waals surface area contributed by atoms with Crippen molar-refractivity contribution in [1.29, 1.82) is 0 Å². The van der Waals surface area contributed by atoms with Gasteiger partial charge in [-0.1, -0.05) is 0 Å². The zero-order valence-corrected chi connectivity index (χ0v) is 12.5. The molecule has 3 N–H and O–H groups in total. The second-order valence-corrected chi connectivity index (χ2v) is 5.09. The second-order valence-electron chi connectivity index (χ2n) is 3.51. The third-order valence-corrected chi connectivity index (χ3v) is 4.01. The van der Waals surface area contributed by atoms with Crippen LogP contribution < -0.4 is 11.1 Å². The van der Waals surface area contributed by atoms with Crippen molar-refractivity contribution in [3.63, 3.8) is 0 Å². The predicted octanol–water partition coefficient (Wildman–Crippen LogP) is 2.43. The average Bonchev–Trinajstić information content (AvgIpc) is 2.59. The molecule has 1 aromatic heterocycles. The first kappa shape index (κ1) is 14.2. The lowest BCUT2D eigenvalue weighted by molar-refractivity contribution is 0.113. The highest BCUT2D eigenvalue weighted by Gasteiger charge is 2.16. The van der Waals surface area contributed by atoms with Crippen LogP contribution in [0.25, 0.3) is 0 Å². The van der Waals surface area contributed by atoms with E-state index in [9.17, 15) is 0 Å². The molecule has 0 aliphatic carbocycles. The van der Waals surface area contributed by atoms with Crippen molar-refractivity contribution in [2.45, 2.75) is 19.1 Å². The first-order valence-electron chi connectivity index (χ1n) is 4.99. The smallest absolute Gasteiger partial charge is 0.183 e. The fraction of sp³-hybridized carbons (Fsp3) is 0.600. The fourth-order valence-corrected chi connectivity index (χ4v) is 1.83. The third-order valence-electron chi connectivity index (χ3n) is 2.30. The number of halogens is 2. The molecule has 16 heavy (non-hydrogen) atoms. The molecule has 4 nitrogen and oxygen atoms in total. The van der Waals surface area contributed by atoms with Crippen LogP contribution in [0.4, 0.5) is 0 Å². The van der Waals surface area contributed by atoms with Crippen LogP contribution in [0.3, 0.4) is 0 Å². The van der Waals surface area contributed by atoms with Gasteiger partial charge in [-0.25, -0.2) is 0 Å². The number of nitrogens with two attached hydrogens (primary N) is 1. The van der Waals surface area contributed by atoms with Crippen LogP contribution >= 0.6 is 31.9 Å². The van der Waals surface area contributed by atoms with Gasteiger partial charge in [0.15, 0.2) is 4.67 Å². The number of ether oxygens (including phenoxy) is 1. The van der Waals surface area contributed by atoms with Crippen molar-refractivity contribution in [2.75, 3.05) is 20.2 Å². The van der Waals surface area contributed by atoms with Crippen molar-refractivity contribution < 1.29 is 9.15 Å². The number of furan rings is 1. The maximum absolute atomic E-state index is 5.70. The predicted molar refractivity (Wildman–Crippen MR) is 70.4 cm³/mol. The molecule has 6 heteroatoms. The summed E-state index contributed by atoms with van der Waals surface area (Å²) in [6, 6.07) is 1.91. The molecule has 1 rings (SSSR count). The van der Waals surface area contributed by atoms with Crippen molar-refractivity contribution >= 4 is 31.9 Å². The zero-order valence-electron chi connectivity index (χ0n) is 9.30. The van der Waals surface area contributed by atoms with Gasteiger partial charge in [0.05, 0.1) is 16.6 Å². The SMILES string of the molecule is COC(C)CNC(CN)c1cc(Br)c(Br)o1. The Kier molecular flexibility index (Phi) is 5.99. The standard InChI is InChI=1S/C10H16Br2N2O2/c1-6(15-2)5-14-8(4-13)9-3-7(11)10(12)16-9/h3,6,8,14H,4-5,13H2,1-2H3. The molecule has 0 fully saturated rings. The molecule has 0 aliphatic rings. The van der Waals surface area contributed by atoms with Gasteiger partial charge in [0.25, 0.3) is 0 Å². The van der Waals surface area contributed by atoms with E-state index in [-0.39, 0.29) is 12.1 Å². The minimum Gasteiger partial charge on any atom is -0.451 e. The molecule has 92 valence electrons. The molecule has 1 aromatic rings. The van der Waals surface area contributed by atoms with Crippen LogP contribution in [-0.4, -0.2) is 26.3 Å². The average molecular weight is 356 g/mol. The summed E-state index contributed by atoms with van der Waals surface area (Å²) in [5.74, 6) is 0.810. The second kappa shape index (κ2) is 6.76.